The van der Waals surface area contributed by atoms with E-state index in [1.54, 1.807) is 0 Å². The minimum Gasteiger partial charge on any atom is -0.394 e. The first-order valence-electron chi connectivity index (χ1n) is 25.7. The van der Waals surface area contributed by atoms with Gasteiger partial charge in [-0.05, 0) is 51.4 Å². The van der Waals surface area contributed by atoms with Crippen molar-refractivity contribution < 1.29 is 25.2 Å². The third-order valence-electron chi connectivity index (χ3n) is 12.1. The predicted molar refractivity (Wildman–Crippen MR) is 251 cm³/mol. The van der Waals surface area contributed by atoms with Crippen LogP contribution < -0.4 is 5.32 Å². The molecule has 0 aliphatic carbocycles. The van der Waals surface area contributed by atoms with Crippen LogP contribution in [0.15, 0.2) is 24.3 Å². The molecule has 0 aliphatic heterocycles. The molecule has 5 N–H and O–H groups in total. The van der Waals surface area contributed by atoms with Crippen molar-refractivity contribution in [2.24, 2.45) is 0 Å². The summed E-state index contributed by atoms with van der Waals surface area (Å²) in [4.78, 5) is 12.6. The Kier molecular flexibility index (Phi) is 45.9. The number of hydrogen-bond donors (Lipinski definition) is 5. The maximum Gasteiger partial charge on any atom is 0.249 e. The van der Waals surface area contributed by atoms with Crippen molar-refractivity contribution in [2.75, 3.05) is 6.61 Å². The van der Waals surface area contributed by atoms with Crippen molar-refractivity contribution in [3.05, 3.63) is 24.3 Å². The van der Waals surface area contributed by atoms with Gasteiger partial charge in [0.1, 0.15) is 12.2 Å². The number of hydrogen-bond acceptors (Lipinski definition) is 5. The summed E-state index contributed by atoms with van der Waals surface area (Å²) in [6.45, 7) is 4.06. The molecule has 1 amide bonds. The largest absolute Gasteiger partial charge is 0.394 e. The number of amides is 1. The molecule has 58 heavy (non-hydrogen) atoms. The zero-order valence-electron chi connectivity index (χ0n) is 38.8. The predicted octanol–water partition coefficient (Wildman–Crippen LogP) is 14.3. The number of nitrogens with one attached hydrogen (secondary N) is 1. The van der Waals surface area contributed by atoms with Gasteiger partial charge in [-0.1, -0.05) is 244 Å². The van der Waals surface area contributed by atoms with Gasteiger partial charge in [-0.25, -0.2) is 0 Å². The Balaban J connectivity index is 3.71. The van der Waals surface area contributed by atoms with E-state index in [2.05, 4.69) is 43.5 Å². The summed E-state index contributed by atoms with van der Waals surface area (Å²) in [5.74, 6) is -0.593. The van der Waals surface area contributed by atoms with Crippen molar-refractivity contribution in [1.29, 1.82) is 0 Å². The van der Waals surface area contributed by atoms with Gasteiger partial charge in [-0.15, -0.1) is 0 Å². The molecule has 0 fully saturated rings. The molecular weight excluding hydrogens is 719 g/mol. The van der Waals surface area contributed by atoms with E-state index in [4.69, 9.17) is 0 Å². The number of unbranched alkanes of at least 4 members (excludes halogenated alkanes) is 34. The Hall–Kier alpha value is -1.21. The van der Waals surface area contributed by atoms with Gasteiger partial charge in [0.15, 0.2) is 0 Å². The molecule has 0 saturated heterocycles. The van der Waals surface area contributed by atoms with Gasteiger partial charge in [0.2, 0.25) is 5.91 Å². The molecule has 0 spiro atoms. The molecule has 344 valence electrons. The zero-order chi connectivity index (χ0) is 42.4. The van der Waals surface area contributed by atoms with Crippen LogP contribution in [-0.4, -0.2) is 57.3 Å². The fourth-order valence-electron chi connectivity index (χ4n) is 8.07. The van der Waals surface area contributed by atoms with Crippen LogP contribution in [-0.2, 0) is 4.79 Å². The van der Waals surface area contributed by atoms with Crippen molar-refractivity contribution in [2.45, 2.75) is 295 Å². The first-order valence-corrected chi connectivity index (χ1v) is 25.7. The Labute approximate surface area is 361 Å². The number of carbonyl (C=O) groups is 1. The van der Waals surface area contributed by atoms with Gasteiger partial charge in [-0.2, -0.15) is 0 Å². The highest BCUT2D eigenvalue weighted by atomic mass is 16.3. The highest BCUT2D eigenvalue weighted by molar-refractivity contribution is 5.80. The number of allylic oxidation sites excluding steroid dienone is 4. The van der Waals surface area contributed by atoms with Gasteiger partial charge in [0.25, 0.3) is 0 Å². The standard InChI is InChI=1S/C52H101NO5/c1-3-5-7-9-11-13-15-17-19-21-23-25-27-29-31-33-35-37-39-41-43-45-49(55)51(57)48(47-54)53-52(58)50(56)46-44-42-40-38-36-34-32-30-28-26-24-22-20-18-16-14-12-10-8-6-4-2/h29,31,37,39,48-51,54-57H,3-28,30,32-36,38,40-47H2,1-2H3,(H,53,58)/b31-29+,39-37+. The lowest BCUT2D eigenvalue weighted by Gasteiger charge is -2.27. The summed E-state index contributed by atoms with van der Waals surface area (Å²) >= 11 is 0. The molecule has 0 aromatic heterocycles. The third kappa shape index (κ3) is 40.2. The molecule has 0 rings (SSSR count). The summed E-state index contributed by atoms with van der Waals surface area (Å²) in [5.41, 5.74) is 0. The number of aliphatic hydroxyl groups is 4. The molecular formula is C52H101NO5. The molecule has 0 radical (unpaired) electrons. The van der Waals surface area contributed by atoms with E-state index in [0.29, 0.717) is 19.3 Å². The molecule has 0 aromatic carbocycles. The monoisotopic (exact) mass is 820 g/mol. The zero-order valence-corrected chi connectivity index (χ0v) is 38.8. The second-order valence-electron chi connectivity index (χ2n) is 17.9. The van der Waals surface area contributed by atoms with E-state index in [1.807, 2.05) is 0 Å². The smallest absolute Gasteiger partial charge is 0.249 e. The highest BCUT2D eigenvalue weighted by Gasteiger charge is 2.28. The molecule has 4 atom stereocenters. The van der Waals surface area contributed by atoms with Crippen LogP contribution in [0.4, 0.5) is 0 Å². The summed E-state index contributed by atoms with van der Waals surface area (Å²) in [7, 11) is 0. The topological polar surface area (TPSA) is 110 Å². The first kappa shape index (κ1) is 56.8. The number of rotatable bonds is 47. The highest BCUT2D eigenvalue weighted by Crippen LogP contribution is 2.17. The van der Waals surface area contributed by atoms with Crippen LogP contribution in [0.5, 0.6) is 0 Å². The summed E-state index contributed by atoms with van der Waals surface area (Å²) in [5, 5.41) is 43.8. The molecule has 0 saturated carbocycles. The van der Waals surface area contributed by atoms with Crippen molar-refractivity contribution in [1.82, 2.24) is 5.32 Å². The van der Waals surface area contributed by atoms with Crippen LogP contribution in [0, 0.1) is 0 Å². The normalized spacial score (nSPS) is 14.1. The number of carbonyl (C=O) groups excluding carboxylic acids is 1. The lowest BCUT2D eigenvalue weighted by Crippen LogP contribution is -2.53. The van der Waals surface area contributed by atoms with E-state index in [9.17, 15) is 25.2 Å². The third-order valence-corrected chi connectivity index (χ3v) is 12.1. The maximum atomic E-state index is 12.6. The first-order chi connectivity index (χ1) is 28.5. The van der Waals surface area contributed by atoms with Crippen molar-refractivity contribution in [3.63, 3.8) is 0 Å². The average Bonchev–Trinajstić information content (AvgIpc) is 3.23. The average molecular weight is 820 g/mol. The summed E-state index contributed by atoms with van der Waals surface area (Å²) in [6.07, 6.45) is 55.1. The Morgan fingerprint density at radius 2 is 0.724 bits per heavy atom. The van der Waals surface area contributed by atoms with Gasteiger partial charge in [-0.3, -0.25) is 4.79 Å². The lowest BCUT2D eigenvalue weighted by molar-refractivity contribution is -0.132. The van der Waals surface area contributed by atoms with Crippen LogP contribution in [0.25, 0.3) is 0 Å². The minimum absolute atomic E-state index is 0.364. The van der Waals surface area contributed by atoms with Crippen molar-refractivity contribution >= 4 is 5.91 Å². The fraction of sp³-hybridized carbons (Fsp3) is 0.904. The van der Waals surface area contributed by atoms with Crippen LogP contribution >= 0.6 is 0 Å². The van der Waals surface area contributed by atoms with E-state index in [0.717, 1.165) is 38.5 Å². The Bertz CT molecular complexity index is 878. The number of aliphatic hydroxyl groups excluding tert-OH is 4. The van der Waals surface area contributed by atoms with E-state index in [-0.39, 0.29) is 0 Å². The van der Waals surface area contributed by atoms with E-state index >= 15 is 0 Å². The Morgan fingerprint density at radius 3 is 1.09 bits per heavy atom. The Morgan fingerprint density at radius 1 is 0.414 bits per heavy atom. The fourth-order valence-corrected chi connectivity index (χ4v) is 8.07. The molecule has 0 bridgehead atoms. The molecule has 4 unspecified atom stereocenters. The molecule has 0 heterocycles. The minimum atomic E-state index is -1.29. The van der Waals surface area contributed by atoms with E-state index in [1.165, 1.54) is 199 Å². The SMILES string of the molecule is CCCCCCCCCCCCCC/C=C/CC/C=C/CCCC(O)C(O)C(CO)NC(=O)C(O)CCCCCCCCCCCCCCCCCCCCCCC. The van der Waals surface area contributed by atoms with Gasteiger partial charge >= 0.3 is 0 Å². The lowest BCUT2D eigenvalue weighted by atomic mass is 10.00. The van der Waals surface area contributed by atoms with Crippen LogP contribution in [0.1, 0.15) is 271 Å². The maximum absolute atomic E-state index is 12.6. The van der Waals surface area contributed by atoms with Gasteiger partial charge in [0, 0.05) is 0 Å². The second kappa shape index (κ2) is 46.8. The van der Waals surface area contributed by atoms with Crippen LogP contribution in [0.2, 0.25) is 0 Å². The molecule has 0 aliphatic rings. The second-order valence-corrected chi connectivity index (χ2v) is 17.9. The van der Waals surface area contributed by atoms with Gasteiger partial charge < -0.3 is 25.7 Å². The van der Waals surface area contributed by atoms with Crippen molar-refractivity contribution in [3.8, 4) is 0 Å². The van der Waals surface area contributed by atoms with Gasteiger partial charge in [0.05, 0.1) is 18.8 Å². The summed E-state index contributed by atoms with van der Waals surface area (Å²) < 4.78 is 0. The van der Waals surface area contributed by atoms with E-state index < -0.39 is 36.9 Å². The van der Waals surface area contributed by atoms with Crippen LogP contribution in [0.3, 0.4) is 0 Å². The summed E-state index contributed by atoms with van der Waals surface area (Å²) in [6, 6.07) is -1.01. The quantitative estimate of drug-likeness (QED) is 0.0310. The molecule has 6 nitrogen and oxygen atoms in total. The molecule has 6 heteroatoms. The molecule has 0 aromatic rings.